The number of rotatable bonds is 6. The summed E-state index contributed by atoms with van der Waals surface area (Å²) in [5.41, 5.74) is -3.20. The lowest BCUT2D eigenvalue weighted by molar-refractivity contribution is -0.158. The van der Waals surface area contributed by atoms with Crippen LogP contribution in [0.15, 0.2) is 35.3 Å². The zero-order chi connectivity index (χ0) is 28.9. The number of halogens is 6. The third-order valence-corrected chi connectivity index (χ3v) is 7.08. The predicted octanol–water partition coefficient (Wildman–Crippen LogP) is 4.57. The number of anilines is 1. The van der Waals surface area contributed by atoms with Crippen LogP contribution in [0.1, 0.15) is 43.0 Å². The van der Waals surface area contributed by atoms with Crippen molar-refractivity contribution in [3.05, 3.63) is 63.7 Å². The Morgan fingerprint density at radius 2 is 1.80 bits per heavy atom. The molecule has 40 heavy (non-hydrogen) atoms. The Hall–Kier alpha value is -4.10. The Morgan fingerprint density at radius 1 is 1.12 bits per heavy atom. The molecule has 5 rings (SSSR count). The fourth-order valence-corrected chi connectivity index (χ4v) is 4.79. The van der Waals surface area contributed by atoms with Gasteiger partial charge >= 0.3 is 12.2 Å². The minimum atomic E-state index is -4.79. The number of carbonyl (C=O) groups is 2. The number of fused-ring (bicyclic) bond motifs is 1. The van der Waals surface area contributed by atoms with E-state index in [0.717, 1.165) is 6.07 Å². The molecule has 1 aliphatic heterocycles. The molecule has 14 heteroatoms. The number of amides is 3. The van der Waals surface area contributed by atoms with Crippen molar-refractivity contribution in [3.8, 4) is 5.69 Å². The number of urea groups is 1. The van der Waals surface area contributed by atoms with Gasteiger partial charge in [-0.25, -0.2) is 22.9 Å². The fourth-order valence-electron chi connectivity index (χ4n) is 4.79. The van der Waals surface area contributed by atoms with E-state index in [1.165, 1.54) is 11.0 Å². The minimum absolute atomic E-state index is 0.0127. The number of alkyl halides is 3. The molecule has 2 fully saturated rings. The number of pyridine rings is 2. The molecule has 2 atom stereocenters. The van der Waals surface area contributed by atoms with Crippen molar-refractivity contribution < 1.29 is 35.9 Å². The molecule has 2 aromatic heterocycles. The van der Waals surface area contributed by atoms with Gasteiger partial charge in [0.15, 0.2) is 17.3 Å². The van der Waals surface area contributed by atoms with Crippen molar-refractivity contribution in [2.45, 2.75) is 50.9 Å². The number of aromatic nitrogens is 2. The average molecular weight is 567 g/mol. The standard InChI is InChI=1S/C26H23F6N5O3/c1-2-14-7-8-36(25(40)33-14)19-6-5-15-21(38)16(24(39)35-22(12-3-4-12)26(30,31)32)11-37(23(15)34-19)20-17(28)9-13(27)10-18(20)29/h5-6,9-12,14,22H,2-4,7-8H2,1H3,(H,33,40)(H,35,39). The van der Waals surface area contributed by atoms with Crippen molar-refractivity contribution in [1.29, 1.82) is 0 Å². The molecule has 0 bridgehead atoms. The average Bonchev–Trinajstić information content (AvgIpc) is 3.72. The van der Waals surface area contributed by atoms with Gasteiger partial charge in [0.2, 0.25) is 5.43 Å². The van der Waals surface area contributed by atoms with Crippen LogP contribution in [0.4, 0.5) is 37.0 Å². The fraction of sp³-hybridized carbons (Fsp3) is 0.385. The van der Waals surface area contributed by atoms with E-state index in [2.05, 4.69) is 10.3 Å². The molecule has 212 valence electrons. The highest BCUT2D eigenvalue weighted by molar-refractivity contribution is 5.98. The SMILES string of the molecule is CCC1CCN(c2ccc3c(=O)c(C(=O)NC(C4CC4)C(F)(F)F)cn(-c4c(F)cc(F)cc4F)c3n2)C(=O)N1. The Balaban J connectivity index is 1.67. The molecule has 2 aliphatic rings. The molecular formula is C26H23F6N5O3. The smallest absolute Gasteiger partial charge is 0.340 e. The van der Waals surface area contributed by atoms with Gasteiger partial charge in [-0.05, 0) is 43.7 Å². The highest BCUT2D eigenvalue weighted by Gasteiger charge is 2.50. The Kier molecular flexibility index (Phi) is 6.96. The van der Waals surface area contributed by atoms with E-state index in [9.17, 15) is 40.7 Å². The number of hydrogen-bond donors (Lipinski definition) is 2. The van der Waals surface area contributed by atoms with Crippen LogP contribution in [0.3, 0.4) is 0 Å². The third kappa shape index (κ3) is 5.09. The molecule has 1 aliphatic carbocycles. The van der Waals surface area contributed by atoms with Gasteiger partial charge in [0, 0.05) is 30.9 Å². The van der Waals surface area contributed by atoms with Crippen LogP contribution >= 0.6 is 0 Å². The zero-order valence-corrected chi connectivity index (χ0v) is 21.0. The normalized spacial score (nSPS) is 18.5. The monoisotopic (exact) mass is 567 g/mol. The number of carbonyl (C=O) groups excluding carboxylic acids is 2. The maximum Gasteiger partial charge on any atom is 0.408 e. The van der Waals surface area contributed by atoms with E-state index in [4.69, 9.17) is 0 Å². The largest absolute Gasteiger partial charge is 0.408 e. The number of nitrogens with zero attached hydrogens (tertiary/aromatic N) is 3. The van der Waals surface area contributed by atoms with Crippen LogP contribution in [-0.4, -0.2) is 46.3 Å². The lowest BCUT2D eigenvalue weighted by Gasteiger charge is -2.32. The lowest BCUT2D eigenvalue weighted by Crippen LogP contribution is -2.52. The van der Waals surface area contributed by atoms with Crippen LogP contribution in [0.5, 0.6) is 0 Å². The summed E-state index contributed by atoms with van der Waals surface area (Å²) in [6.07, 6.45) is -2.41. The molecule has 3 amide bonds. The highest BCUT2D eigenvalue weighted by atomic mass is 19.4. The molecule has 3 aromatic rings. The Bertz CT molecular complexity index is 1550. The number of nitrogens with one attached hydrogen (secondary N) is 2. The van der Waals surface area contributed by atoms with Gasteiger partial charge in [0.05, 0.1) is 5.39 Å². The summed E-state index contributed by atoms with van der Waals surface area (Å²) in [7, 11) is 0. The second kappa shape index (κ2) is 10.1. The quantitative estimate of drug-likeness (QED) is 0.427. The molecule has 8 nitrogen and oxygen atoms in total. The minimum Gasteiger partial charge on any atom is -0.340 e. The number of benzene rings is 1. The van der Waals surface area contributed by atoms with Crippen LogP contribution in [0.25, 0.3) is 16.7 Å². The first-order valence-corrected chi connectivity index (χ1v) is 12.6. The summed E-state index contributed by atoms with van der Waals surface area (Å²) in [6, 6.07) is 0.390. The molecule has 2 N–H and O–H groups in total. The zero-order valence-electron chi connectivity index (χ0n) is 21.0. The molecule has 1 aromatic carbocycles. The summed E-state index contributed by atoms with van der Waals surface area (Å²) in [6.45, 7) is 2.14. The van der Waals surface area contributed by atoms with E-state index in [1.807, 2.05) is 12.2 Å². The van der Waals surface area contributed by atoms with E-state index in [1.54, 1.807) is 0 Å². The van der Waals surface area contributed by atoms with E-state index < -0.39 is 69.9 Å². The summed E-state index contributed by atoms with van der Waals surface area (Å²) >= 11 is 0. The Morgan fingerprint density at radius 3 is 2.38 bits per heavy atom. The highest BCUT2D eigenvalue weighted by Crippen LogP contribution is 2.40. The predicted molar refractivity (Wildman–Crippen MR) is 132 cm³/mol. The summed E-state index contributed by atoms with van der Waals surface area (Å²) in [4.78, 5) is 44.4. The summed E-state index contributed by atoms with van der Waals surface area (Å²) < 4.78 is 84.8. The molecule has 2 unspecified atom stereocenters. The van der Waals surface area contributed by atoms with Gasteiger partial charge in [-0.15, -0.1) is 0 Å². The molecular weight excluding hydrogens is 544 g/mol. The van der Waals surface area contributed by atoms with Gasteiger partial charge in [0.1, 0.15) is 28.9 Å². The third-order valence-electron chi connectivity index (χ3n) is 7.08. The van der Waals surface area contributed by atoms with E-state index in [0.29, 0.717) is 35.7 Å². The van der Waals surface area contributed by atoms with Crippen LogP contribution in [0.2, 0.25) is 0 Å². The van der Waals surface area contributed by atoms with Crippen LogP contribution in [0, 0.1) is 23.4 Å². The summed E-state index contributed by atoms with van der Waals surface area (Å²) in [5, 5.41) is 4.25. The second-order valence-electron chi connectivity index (χ2n) is 9.83. The first kappa shape index (κ1) is 27.5. The van der Waals surface area contributed by atoms with Crippen molar-refractivity contribution in [2.24, 2.45) is 5.92 Å². The topological polar surface area (TPSA) is 96.3 Å². The van der Waals surface area contributed by atoms with Gasteiger partial charge in [0.25, 0.3) is 5.91 Å². The summed E-state index contributed by atoms with van der Waals surface area (Å²) in [5.74, 6) is -6.33. The maximum atomic E-state index is 14.9. The van der Waals surface area contributed by atoms with E-state index >= 15 is 0 Å². The second-order valence-corrected chi connectivity index (χ2v) is 9.83. The first-order valence-electron chi connectivity index (χ1n) is 12.6. The van der Waals surface area contributed by atoms with Crippen molar-refractivity contribution in [2.75, 3.05) is 11.4 Å². The van der Waals surface area contributed by atoms with Crippen molar-refractivity contribution >= 4 is 28.8 Å². The maximum absolute atomic E-state index is 14.9. The molecule has 3 heterocycles. The van der Waals surface area contributed by atoms with Crippen molar-refractivity contribution in [1.82, 2.24) is 20.2 Å². The first-order chi connectivity index (χ1) is 18.9. The lowest BCUT2D eigenvalue weighted by atomic mass is 10.1. The van der Waals surface area contributed by atoms with Gasteiger partial charge in [-0.2, -0.15) is 13.2 Å². The number of hydrogen-bond acceptors (Lipinski definition) is 4. The molecule has 0 radical (unpaired) electrons. The van der Waals surface area contributed by atoms with E-state index in [-0.39, 0.29) is 36.6 Å². The van der Waals surface area contributed by atoms with Gasteiger partial charge < -0.3 is 10.6 Å². The van der Waals surface area contributed by atoms with Gasteiger partial charge in [-0.3, -0.25) is 19.1 Å². The van der Waals surface area contributed by atoms with Crippen molar-refractivity contribution in [3.63, 3.8) is 0 Å². The molecule has 1 saturated carbocycles. The van der Waals surface area contributed by atoms with Gasteiger partial charge in [-0.1, -0.05) is 6.92 Å². The molecule has 1 saturated heterocycles. The Labute approximate surface area is 223 Å². The van der Waals surface area contributed by atoms with Crippen LogP contribution in [-0.2, 0) is 0 Å². The van der Waals surface area contributed by atoms with Crippen LogP contribution < -0.4 is 21.0 Å². The molecule has 0 spiro atoms.